The highest BCUT2D eigenvalue weighted by Crippen LogP contribution is 2.13. The lowest BCUT2D eigenvalue weighted by Crippen LogP contribution is -2.23. The topological polar surface area (TPSA) is 49.3 Å². The van der Waals surface area contributed by atoms with Gasteiger partial charge in [-0.3, -0.25) is 4.79 Å². The highest BCUT2D eigenvalue weighted by molar-refractivity contribution is 5.68. The van der Waals surface area contributed by atoms with Gasteiger partial charge in [0.1, 0.15) is 0 Å². The molecular weight excluding hydrogens is 274 g/mol. The summed E-state index contributed by atoms with van der Waals surface area (Å²) in [5.41, 5.74) is 0. The van der Waals surface area contributed by atoms with Crippen LogP contribution in [0.2, 0.25) is 0 Å². The van der Waals surface area contributed by atoms with E-state index in [2.05, 4.69) is 12.2 Å². The first kappa shape index (κ1) is 21.4. The maximum atomic E-state index is 10.3. The van der Waals surface area contributed by atoms with Crippen LogP contribution in [0.25, 0.3) is 0 Å². The Morgan fingerprint density at radius 3 is 1.41 bits per heavy atom. The lowest BCUT2D eigenvalue weighted by atomic mass is 10.0. The SMILES string of the molecule is CCCCCCCCCCCCCCCCCNCC(=O)O. The Balaban J connectivity index is 2.95. The van der Waals surface area contributed by atoms with Crippen molar-refractivity contribution in [2.24, 2.45) is 0 Å². The van der Waals surface area contributed by atoms with E-state index < -0.39 is 5.97 Å². The van der Waals surface area contributed by atoms with E-state index in [1.54, 1.807) is 0 Å². The van der Waals surface area contributed by atoms with Crippen LogP contribution in [0.5, 0.6) is 0 Å². The number of carboxylic acids is 1. The molecule has 3 heteroatoms. The maximum Gasteiger partial charge on any atom is 0.317 e. The summed E-state index contributed by atoms with van der Waals surface area (Å²) >= 11 is 0. The first-order valence-electron chi connectivity index (χ1n) is 9.70. The molecule has 0 aromatic rings. The summed E-state index contributed by atoms with van der Waals surface area (Å²) in [7, 11) is 0. The predicted octanol–water partition coefficient (Wildman–Crippen LogP) is 5.53. The highest BCUT2D eigenvalue weighted by Gasteiger charge is 1.96. The second kappa shape index (κ2) is 18.5. The molecule has 0 spiro atoms. The number of nitrogens with one attached hydrogen (secondary N) is 1. The van der Waals surface area contributed by atoms with Gasteiger partial charge in [-0.2, -0.15) is 0 Å². The lowest BCUT2D eigenvalue weighted by molar-refractivity contribution is -0.135. The van der Waals surface area contributed by atoms with Crippen molar-refractivity contribution >= 4 is 5.97 Å². The summed E-state index contributed by atoms with van der Waals surface area (Å²) in [5, 5.41) is 11.4. The smallest absolute Gasteiger partial charge is 0.317 e. The van der Waals surface area contributed by atoms with Crippen molar-refractivity contribution in [2.45, 2.75) is 103 Å². The molecule has 0 amide bonds. The van der Waals surface area contributed by atoms with Gasteiger partial charge in [-0.25, -0.2) is 0 Å². The molecule has 0 saturated heterocycles. The van der Waals surface area contributed by atoms with E-state index in [1.807, 2.05) is 0 Å². The average molecular weight is 314 g/mol. The second-order valence-corrected chi connectivity index (χ2v) is 6.52. The first-order chi connectivity index (χ1) is 10.8. The minimum Gasteiger partial charge on any atom is -0.480 e. The van der Waals surface area contributed by atoms with Crippen LogP contribution in [0.4, 0.5) is 0 Å². The van der Waals surface area contributed by atoms with E-state index in [4.69, 9.17) is 5.11 Å². The Morgan fingerprint density at radius 2 is 1.05 bits per heavy atom. The van der Waals surface area contributed by atoms with Gasteiger partial charge < -0.3 is 10.4 Å². The zero-order valence-corrected chi connectivity index (χ0v) is 14.9. The van der Waals surface area contributed by atoms with Crippen LogP contribution in [0, 0.1) is 0 Å². The van der Waals surface area contributed by atoms with Gasteiger partial charge in [-0.1, -0.05) is 96.8 Å². The molecule has 22 heavy (non-hydrogen) atoms. The molecule has 0 saturated carbocycles. The third-order valence-corrected chi connectivity index (χ3v) is 4.23. The van der Waals surface area contributed by atoms with Crippen LogP contribution in [-0.4, -0.2) is 24.2 Å². The molecule has 0 aliphatic carbocycles. The van der Waals surface area contributed by atoms with Crippen LogP contribution in [0.3, 0.4) is 0 Å². The zero-order valence-electron chi connectivity index (χ0n) is 14.9. The fourth-order valence-corrected chi connectivity index (χ4v) is 2.82. The maximum absolute atomic E-state index is 10.3. The van der Waals surface area contributed by atoms with Crippen molar-refractivity contribution in [3.05, 3.63) is 0 Å². The molecule has 2 N–H and O–H groups in total. The van der Waals surface area contributed by atoms with Crippen molar-refractivity contribution in [3.8, 4) is 0 Å². The van der Waals surface area contributed by atoms with Gasteiger partial charge in [0.25, 0.3) is 0 Å². The number of aliphatic carboxylic acids is 1. The number of hydrogen-bond acceptors (Lipinski definition) is 2. The molecule has 0 aliphatic rings. The zero-order chi connectivity index (χ0) is 16.3. The molecule has 0 rings (SSSR count). The molecule has 0 unspecified atom stereocenters. The minimum atomic E-state index is -0.763. The summed E-state index contributed by atoms with van der Waals surface area (Å²) in [4.78, 5) is 10.3. The molecule has 0 bridgehead atoms. The standard InChI is InChI=1S/C19H39NO2/c1-2-3-4-5-6-7-8-9-10-11-12-13-14-15-16-17-20-18-19(21)22/h20H,2-18H2,1H3,(H,21,22). The van der Waals surface area contributed by atoms with Gasteiger partial charge in [0.2, 0.25) is 0 Å². The van der Waals surface area contributed by atoms with E-state index in [9.17, 15) is 4.79 Å². The van der Waals surface area contributed by atoms with Gasteiger partial charge in [0.05, 0.1) is 6.54 Å². The molecule has 0 radical (unpaired) electrons. The fourth-order valence-electron chi connectivity index (χ4n) is 2.82. The summed E-state index contributed by atoms with van der Waals surface area (Å²) < 4.78 is 0. The molecule has 3 nitrogen and oxygen atoms in total. The van der Waals surface area contributed by atoms with Crippen LogP contribution in [-0.2, 0) is 4.79 Å². The first-order valence-corrected chi connectivity index (χ1v) is 9.70. The van der Waals surface area contributed by atoms with Crippen molar-refractivity contribution in [1.29, 1.82) is 0 Å². The van der Waals surface area contributed by atoms with Crippen molar-refractivity contribution in [2.75, 3.05) is 13.1 Å². The summed E-state index contributed by atoms with van der Waals surface area (Å²) in [6, 6.07) is 0. The molecule has 132 valence electrons. The van der Waals surface area contributed by atoms with E-state index in [-0.39, 0.29) is 6.54 Å². The van der Waals surface area contributed by atoms with Crippen molar-refractivity contribution in [1.82, 2.24) is 5.32 Å². The third-order valence-electron chi connectivity index (χ3n) is 4.23. The Labute approximate surface area is 138 Å². The van der Waals surface area contributed by atoms with Crippen molar-refractivity contribution < 1.29 is 9.90 Å². The molecule has 0 aliphatic heterocycles. The summed E-state index contributed by atoms with van der Waals surface area (Å²) in [6.07, 6.45) is 20.5. The average Bonchev–Trinajstić information content (AvgIpc) is 2.50. The van der Waals surface area contributed by atoms with Crippen LogP contribution < -0.4 is 5.32 Å². The normalized spacial score (nSPS) is 11.0. The largest absolute Gasteiger partial charge is 0.480 e. The van der Waals surface area contributed by atoms with Crippen LogP contribution >= 0.6 is 0 Å². The van der Waals surface area contributed by atoms with E-state index in [1.165, 1.54) is 89.9 Å². The van der Waals surface area contributed by atoms with E-state index in [0.29, 0.717) is 0 Å². The quantitative estimate of drug-likeness (QED) is 0.327. The van der Waals surface area contributed by atoms with Crippen LogP contribution in [0.1, 0.15) is 103 Å². The van der Waals surface area contributed by atoms with Crippen LogP contribution in [0.15, 0.2) is 0 Å². The molecule has 0 aromatic heterocycles. The van der Waals surface area contributed by atoms with E-state index >= 15 is 0 Å². The molecular formula is C19H39NO2. The van der Waals surface area contributed by atoms with E-state index in [0.717, 1.165) is 13.0 Å². The van der Waals surface area contributed by atoms with Crippen molar-refractivity contribution in [3.63, 3.8) is 0 Å². The number of unbranched alkanes of at least 4 members (excludes halogenated alkanes) is 14. The van der Waals surface area contributed by atoms with Gasteiger partial charge in [0, 0.05) is 0 Å². The number of carboxylic acid groups (broad SMARTS) is 1. The molecule has 0 fully saturated rings. The summed E-state index contributed by atoms with van der Waals surface area (Å²) in [6.45, 7) is 3.21. The number of rotatable bonds is 18. The summed E-state index contributed by atoms with van der Waals surface area (Å²) in [5.74, 6) is -0.763. The highest BCUT2D eigenvalue weighted by atomic mass is 16.4. The Morgan fingerprint density at radius 1 is 0.682 bits per heavy atom. The Kier molecular flexibility index (Phi) is 18.0. The predicted molar refractivity (Wildman–Crippen MR) is 95.4 cm³/mol. The van der Waals surface area contributed by atoms with Gasteiger partial charge in [0.15, 0.2) is 0 Å². The Bertz CT molecular complexity index is 231. The number of hydrogen-bond donors (Lipinski definition) is 2. The Hall–Kier alpha value is -0.570. The molecule has 0 atom stereocenters. The van der Waals surface area contributed by atoms with Gasteiger partial charge in [-0.15, -0.1) is 0 Å². The fraction of sp³-hybridized carbons (Fsp3) is 0.947. The second-order valence-electron chi connectivity index (χ2n) is 6.52. The third kappa shape index (κ3) is 19.4. The monoisotopic (exact) mass is 313 g/mol. The molecule has 0 aromatic carbocycles. The minimum absolute atomic E-state index is 0.0958. The van der Waals surface area contributed by atoms with Gasteiger partial charge >= 0.3 is 5.97 Å². The van der Waals surface area contributed by atoms with Gasteiger partial charge in [-0.05, 0) is 13.0 Å². The molecule has 0 heterocycles. The number of carbonyl (C=O) groups is 1. The lowest BCUT2D eigenvalue weighted by Gasteiger charge is -2.04.